The third-order valence-electron chi connectivity index (χ3n) is 2.83. The Morgan fingerprint density at radius 3 is 2.48 bits per heavy atom. The van der Waals surface area contributed by atoms with Crippen molar-refractivity contribution in [3.05, 3.63) is 30.5 Å². The molecule has 0 aliphatic rings. The Morgan fingerprint density at radius 1 is 1.14 bits per heavy atom. The van der Waals surface area contributed by atoms with Crippen molar-refractivity contribution in [2.75, 3.05) is 18.6 Å². The van der Waals surface area contributed by atoms with E-state index in [0.717, 1.165) is 0 Å². The van der Waals surface area contributed by atoms with Crippen LogP contribution in [0.4, 0.5) is 0 Å². The Labute approximate surface area is 127 Å². The second-order valence-electron chi connectivity index (χ2n) is 4.27. The number of halogens is 1. The molecule has 0 spiro atoms. The smallest absolute Gasteiger partial charge is 0.233 e. The number of aromatic nitrogens is 1. The van der Waals surface area contributed by atoms with E-state index in [1.165, 1.54) is 13.3 Å². The topological polar surface area (TPSA) is 90.4 Å². The standard InChI is InChI=1S/C12H12ClNO5S2/c1-19-10-2-3-11-9(8-10)4-5-14-12(11)20(15,16)6-7-21(13,17)18/h2-5,8H,6-7H2,1H3. The minimum atomic E-state index is -3.88. The van der Waals surface area contributed by atoms with Gasteiger partial charge in [-0.2, -0.15) is 0 Å². The minimum absolute atomic E-state index is 0.164. The maximum atomic E-state index is 12.2. The van der Waals surface area contributed by atoms with Gasteiger partial charge in [-0.15, -0.1) is 0 Å². The summed E-state index contributed by atoms with van der Waals surface area (Å²) >= 11 is 0. The van der Waals surface area contributed by atoms with Gasteiger partial charge in [0.15, 0.2) is 14.9 Å². The SMILES string of the molecule is COc1ccc2c(S(=O)(=O)CCS(=O)(=O)Cl)nccc2c1. The number of hydrogen-bond acceptors (Lipinski definition) is 6. The highest BCUT2D eigenvalue weighted by Crippen LogP contribution is 2.25. The number of nitrogens with zero attached hydrogens (tertiary/aromatic N) is 1. The Hall–Kier alpha value is -1.38. The van der Waals surface area contributed by atoms with Crippen LogP contribution in [0.2, 0.25) is 0 Å². The molecule has 0 fully saturated rings. The first-order valence-electron chi connectivity index (χ1n) is 5.81. The number of methoxy groups -OCH3 is 1. The molecule has 0 atom stereocenters. The van der Waals surface area contributed by atoms with E-state index in [4.69, 9.17) is 15.4 Å². The number of fused-ring (bicyclic) bond motifs is 1. The van der Waals surface area contributed by atoms with Crippen molar-refractivity contribution in [3.8, 4) is 5.75 Å². The molecule has 0 bridgehead atoms. The summed E-state index contributed by atoms with van der Waals surface area (Å²) in [5.41, 5.74) is 0. The normalized spacial score (nSPS) is 12.5. The van der Waals surface area contributed by atoms with Gasteiger partial charge in [0.1, 0.15) is 5.75 Å². The first-order chi connectivity index (χ1) is 9.73. The van der Waals surface area contributed by atoms with Crippen LogP contribution >= 0.6 is 10.7 Å². The van der Waals surface area contributed by atoms with Crippen molar-refractivity contribution in [3.63, 3.8) is 0 Å². The fourth-order valence-corrected chi connectivity index (χ4v) is 4.99. The van der Waals surface area contributed by atoms with E-state index in [9.17, 15) is 16.8 Å². The molecule has 1 aromatic carbocycles. The van der Waals surface area contributed by atoms with Crippen LogP contribution < -0.4 is 4.74 Å². The first kappa shape index (κ1) is 16.0. The van der Waals surface area contributed by atoms with Gasteiger partial charge in [0.2, 0.25) is 9.05 Å². The zero-order valence-electron chi connectivity index (χ0n) is 11.0. The van der Waals surface area contributed by atoms with E-state index in [1.807, 2.05) is 0 Å². The molecule has 0 unspecified atom stereocenters. The molecule has 0 amide bonds. The van der Waals surface area contributed by atoms with Crippen molar-refractivity contribution in [2.24, 2.45) is 0 Å². The van der Waals surface area contributed by atoms with E-state index in [2.05, 4.69) is 4.98 Å². The van der Waals surface area contributed by atoms with Crippen molar-refractivity contribution in [2.45, 2.75) is 5.03 Å². The molecule has 0 radical (unpaired) electrons. The lowest BCUT2D eigenvalue weighted by molar-refractivity contribution is 0.415. The highest BCUT2D eigenvalue weighted by atomic mass is 35.7. The number of benzene rings is 1. The molecule has 9 heteroatoms. The van der Waals surface area contributed by atoms with Gasteiger partial charge >= 0.3 is 0 Å². The maximum absolute atomic E-state index is 12.2. The maximum Gasteiger partial charge on any atom is 0.233 e. The molecule has 2 aromatic rings. The van der Waals surface area contributed by atoms with Crippen LogP contribution in [0.3, 0.4) is 0 Å². The summed E-state index contributed by atoms with van der Waals surface area (Å²) in [6.07, 6.45) is 1.35. The largest absolute Gasteiger partial charge is 0.497 e. The summed E-state index contributed by atoms with van der Waals surface area (Å²) in [6.45, 7) is 0. The van der Waals surface area contributed by atoms with Gasteiger partial charge in [-0.1, -0.05) is 0 Å². The lowest BCUT2D eigenvalue weighted by Crippen LogP contribution is -2.15. The van der Waals surface area contributed by atoms with Gasteiger partial charge in [0.05, 0.1) is 18.6 Å². The second-order valence-corrected chi connectivity index (χ2v) is 9.19. The van der Waals surface area contributed by atoms with Crippen LogP contribution in [-0.2, 0) is 18.9 Å². The molecule has 0 N–H and O–H groups in total. The Morgan fingerprint density at radius 2 is 1.86 bits per heavy atom. The van der Waals surface area contributed by atoms with Crippen molar-refractivity contribution in [1.29, 1.82) is 0 Å². The van der Waals surface area contributed by atoms with Crippen LogP contribution in [0.15, 0.2) is 35.5 Å². The molecule has 21 heavy (non-hydrogen) atoms. The lowest BCUT2D eigenvalue weighted by Gasteiger charge is -2.07. The van der Waals surface area contributed by atoms with Gasteiger partial charge in [-0.05, 0) is 29.7 Å². The summed E-state index contributed by atoms with van der Waals surface area (Å²) in [5.74, 6) is -0.692. The van der Waals surface area contributed by atoms with Gasteiger partial charge < -0.3 is 4.74 Å². The van der Waals surface area contributed by atoms with Crippen LogP contribution in [0.5, 0.6) is 5.75 Å². The fourth-order valence-electron chi connectivity index (χ4n) is 1.81. The highest BCUT2D eigenvalue weighted by Gasteiger charge is 2.22. The molecular weight excluding hydrogens is 338 g/mol. The first-order valence-corrected chi connectivity index (χ1v) is 9.94. The Kier molecular flexibility index (Phi) is 4.40. The van der Waals surface area contributed by atoms with Crippen LogP contribution in [0, 0.1) is 0 Å². The average molecular weight is 350 g/mol. The molecular formula is C12H12ClNO5S2. The van der Waals surface area contributed by atoms with Gasteiger partial charge in [0, 0.05) is 22.3 Å². The molecule has 114 valence electrons. The molecule has 0 saturated heterocycles. The van der Waals surface area contributed by atoms with E-state index >= 15 is 0 Å². The number of sulfone groups is 1. The summed E-state index contributed by atoms with van der Waals surface area (Å²) < 4.78 is 51.4. The number of hydrogen-bond donors (Lipinski definition) is 0. The second kappa shape index (κ2) is 5.78. The molecule has 0 saturated carbocycles. The summed E-state index contributed by atoms with van der Waals surface area (Å²) in [5, 5.41) is 0.880. The molecule has 1 heterocycles. The van der Waals surface area contributed by atoms with Crippen molar-refractivity contribution < 1.29 is 21.6 Å². The Bertz CT molecular complexity index is 878. The number of ether oxygens (including phenoxy) is 1. The van der Waals surface area contributed by atoms with Crippen LogP contribution in [-0.4, -0.2) is 40.4 Å². The summed E-state index contributed by atoms with van der Waals surface area (Å²) in [6, 6.07) is 6.51. The predicted octanol–water partition coefficient (Wildman–Crippen LogP) is 1.59. The molecule has 0 aliphatic heterocycles. The number of pyridine rings is 1. The molecule has 2 rings (SSSR count). The monoisotopic (exact) mass is 349 g/mol. The zero-order chi connectivity index (χ0) is 15.7. The van der Waals surface area contributed by atoms with E-state index in [0.29, 0.717) is 16.5 Å². The van der Waals surface area contributed by atoms with Gasteiger partial charge in [-0.3, -0.25) is 0 Å². The minimum Gasteiger partial charge on any atom is -0.497 e. The van der Waals surface area contributed by atoms with E-state index in [-0.39, 0.29) is 5.03 Å². The summed E-state index contributed by atoms with van der Waals surface area (Å²) in [7, 11) is -1.18. The van der Waals surface area contributed by atoms with Gasteiger partial charge in [-0.25, -0.2) is 21.8 Å². The fraction of sp³-hybridized carbons (Fsp3) is 0.250. The van der Waals surface area contributed by atoms with Crippen LogP contribution in [0.25, 0.3) is 10.8 Å². The summed E-state index contributed by atoms with van der Waals surface area (Å²) in [4.78, 5) is 3.87. The average Bonchev–Trinajstić information content (AvgIpc) is 2.43. The van der Waals surface area contributed by atoms with E-state index in [1.54, 1.807) is 24.3 Å². The van der Waals surface area contributed by atoms with Crippen molar-refractivity contribution in [1.82, 2.24) is 4.98 Å². The molecule has 0 aliphatic carbocycles. The van der Waals surface area contributed by atoms with E-state index < -0.39 is 30.4 Å². The zero-order valence-corrected chi connectivity index (χ0v) is 13.4. The highest BCUT2D eigenvalue weighted by molar-refractivity contribution is 8.14. The third kappa shape index (κ3) is 3.84. The Balaban J connectivity index is 2.51. The van der Waals surface area contributed by atoms with Gasteiger partial charge in [0.25, 0.3) is 0 Å². The molecule has 1 aromatic heterocycles. The van der Waals surface area contributed by atoms with Crippen LogP contribution in [0.1, 0.15) is 0 Å². The lowest BCUT2D eigenvalue weighted by atomic mass is 10.2. The number of rotatable bonds is 5. The predicted molar refractivity (Wildman–Crippen MR) is 80.0 cm³/mol. The quantitative estimate of drug-likeness (QED) is 0.761. The van der Waals surface area contributed by atoms with Crippen molar-refractivity contribution >= 4 is 40.3 Å². The third-order valence-corrected chi connectivity index (χ3v) is 5.89. The molecule has 6 nitrogen and oxygen atoms in total.